The van der Waals surface area contributed by atoms with Gasteiger partial charge in [-0.3, -0.25) is 4.90 Å². The summed E-state index contributed by atoms with van der Waals surface area (Å²) in [6.07, 6.45) is 6.07. The Hall–Kier alpha value is -1.24. The zero-order valence-corrected chi connectivity index (χ0v) is 14.4. The second kappa shape index (κ2) is 7.55. The van der Waals surface area contributed by atoms with Gasteiger partial charge in [0.1, 0.15) is 0 Å². The first-order valence-corrected chi connectivity index (χ1v) is 8.64. The molecule has 0 amide bonds. The van der Waals surface area contributed by atoms with Crippen molar-refractivity contribution >= 4 is 5.95 Å². The fraction of sp³-hybridized carbons (Fsp3) is 0.765. The van der Waals surface area contributed by atoms with Crippen LogP contribution in [-0.4, -0.2) is 86.3 Å². The second-order valence-corrected chi connectivity index (χ2v) is 7.21. The number of nitrogens with zero attached hydrogens (tertiary/aromatic N) is 5. The number of rotatable bonds is 4. The van der Waals surface area contributed by atoms with Crippen LogP contribution in [0.25, 0.3) is 0 Å². The van der Waals surface area contributed by atoms with Gasteiger partial charge >= 0.3 is 0 Å². The average Bonchev–Trinajstić information content (AvgIpc) is 2.76. The first-order chi connectivity index (χ1) is 11.2. The standard InChI is InChI=1S/C17H29N5O/c1-20(2)9-10-21-11-12-23-15-17(13-21)5-3-8-22(14-17)16-18-6-4-7-19-16/h4,6-7H,3,5,8-15H2,1-2H3. The third-order valence-corrected chi connectivity index (χ3v) is 4.88. The minimum absolute atomic E-state index is 0.209. The topological polar surface area (TPSA) is 44.7 Å². The maximum atomic E-state index is 5.99. The highest BCUT2D eigenvalue weighted by Crippen LogP contribution is 2.34. The van der Waals surface area contributed by atoms with Crippen LogP contribution in [0.2, 0.25) is 0 Å². The molecule has 1 spiro atoms. The van der Waals surface area contributed by atoms with E-state index in [4.69, 9.17) is 4.74 Å². The van der Waals surface area contributed by atoms with Crippen molar-refractivity contribution in [3.8, 4) is 0 Å². The summed E-state index contributed by atoms with van der Waals surface area (Å²) in [6.45, 7) is 8.11. The molecule has 128 valence electrons. The van der Waals surface area contributed by atoms with Crippen LogP contribution in [0.15, 0.2) is 18.5 Å². The Morgan fingerprint density at radius 1 is 1.22 bits per heavy atom. The molecule has 2 saturated heterocycles. The Morgan fingerprint density at radius 2 is 2.04 bits per heavy atom. The lowest BCUT2D eigenvalue weighted by Gasteiger charge is -2.43. The number of hydrogen-bond donors (Lipinski definition) is 0. The van der Waals surface area contributed by atoms with E-state index in [1.165, 1.54) is 12.8 Å². The zero-order valence-electron chi connectivity index (χ0n) is 14.4. The molecular formula is C17H29N5O. The maximum absolute atomic E-state index is 5.99. The van der Waals surface area contributed by atoms with Gasteiger partial charge in [-0.1, -0.05) is 0 Å². The van der Waals surface area contributed by atoms with Crippen molar-refractivity contribution in [2.75, 3.05) is 71.5 Å². The molecular weight excluding hydrogens is 290 g/mol. The van der Waals surface area contributed by atoms with E-state index in [0.29, 0.717) is 0 Å². The van der Waals surface area contributed by atoms with E-state index in [0.717, 1.165) is 58.4 Å². The van der Waals surface area contributed by atoms with Gasteiger partial charge in [-0.2, -0.15) is 0 Å². The Bertz CT molecular complexity index is 483. The van der Waals surface area contributed by atoms with Crippen molar-refractivity contribution in [2.45, 2.75) is 12.8 Å². The Kier molecular flexibility index (Phi) is 5.46. The Labute approximate surface area is 139 Å². The predicted molar refractivity (Wildman–Crippen MR) is 91.7 cm³/mol. The van der Waals surface area contributed by atoms with Gasteiger partial charge in [0, 0.05) is 57.1 Å². The summed E-state index contributed by atoms with van der Waals surface area (Å²) in [5.41, 5.74) is 0.209. The smallest absolute Gasteiger partial charge is 0.225 e. The molecule has 3 heterocycles. The van der Waals surface area contributed by atoms with Crippen molar-refractivity contribution in [3.63, 3.8) is 0 Å². The zero-order chi connectivity index (χ0) is 16.1. The monoisotopic (exact) mass is 319 g/mol. The highest BCUT2D eigenvalue weighted by atomic mass is 16.5. The van der Waals surface area contributed by atoms with Crippen LogP contribution in [0.5, 0.6) is 0 Å². The van der Waals surface area contributed by atoms with Gasteiger partial charge < -0.3 is 14.5 Å². The molecule has 0 aliphatic carbocycles. The molecule has 2 aliphatic rings. The third-order valence-electron chi connectivity index (χ3n) is 4.88. The van der Waals surface area contributed by atoms with Crippen molar-refractivity contribution in [1.29, 1.82) is 0 Å². The first kappa shape index (κ1) is 16.6. The van der Waals surface area contributed by atoms with Crippen LogP contribution in [0.4, 0.5) is 5.95 Å². The minimum atomic E-state index is 0.209. The van der Waals surface area contributed by atoms with Crippen molar-refractivity contribution in [2.24, 2.45) is 5.41 Å². The summed E-state index contributed by atoms with van der Waals surface area (Å²) in [4.78, 5) is 16.0. The summed E-state index contributed by atoms with van der Waals surface area (Å²) < 4.78 is 5.99. The average molecular weight is 319 g/mol. The quantitative estimate of drug-likeness (QED) is 0.824. The molecule has 3 rings (SSSR count). The van der Waals surface area contributed by atoms with Gasteiger partial charge in [0.15, 0.2) is 0 Å². The molecule has 6 heteroatoms. The SMILES string of the molecule is CN(C)CCN1CCOCC2(CCCN(c3ncccn3)C2)C1. The van der Waals surface area contributed by atoms with Gasteiger partial charge in [0.05, 0.1) is 13.2 Å². The number of piperidine rings is 1. The van der Waals surface area contributed by atoms with Crippen molar-refractivity contribution < 1.29 is 4.74 Å². The number of ether oxygens (including phenoxy) is 1. The van der Waals surface area contributed by atoms with Crippen LogP contribution >= 0.6 is 0 Å². The highest BCUT2D eigenvalue weighted by molar-refractivity contribution is 5.30. The summed E-state index contributed by atoms with van der Waals surface area (Å²) >= 11 is 0. The molecule has 0 bridgehead atoms. The highest BCUT2D eigenvalue weighted by Gasteiger charge is 2.39. The molecule has 2 fully saturated rings. The molecule has 2 aliphatic heterocycles. The van der Waals surface area contributed by atoms with Gasteiger partial charge in [0.2, 0.25) is 5.95 Å². The van der Waals surface area contributed by atoms with E-state index in [-0.39, 0.29) is 5.41 Å². The molecule has 23 heavy (non-hydrogen) atoms. The van der Waals surface area contributed by atoms with Crippen LogP contribution in [0.3, 0.4) is 0 Å². The molecule has 1 unspecified atom stereocenters. The molecule has 1 aromatic heterocycles. The predicted octanol–water partition coefficient (Wildman–Crippen LogP) is 0.957. The summed E-state index contributed by atoms with van der Waals surface area (Å²) in [5, 5.41) is 0. The number of anilines is 1. The number of likely N-dealkylation sites (N-methyl/N-ethyl adjacent to an activating group) is 1. The molecule has 0 N–H and O–H groups in total. The van der Waals surface area contributed by atoms with E-state index in [2.05, 4.69) is 38.8 Å². The lowest BCUT2D eigenvalue weighted by Crippen LogP contribution is -2.51. The molecule has 0 aromatic carbocycles. The lowest BCUT2D eigenvalue weighted by atomic mass is 9.80. The number of hydrogen-bond acceptors (Lipinski definition) is 6. The summed E-state index contributed by atoms with van der Waals surface area (Å²) in [7, 11) is 4.28. The van der Waals surface area contributed by atoms with Crippen LogP contribution in [0, 0.1) is 5.41 Å². The molecule has 0 saturated carbocycles. The van der Waals surface area contributed by atoms with Crippen molar-refractivity contribution in [1.82, 2.24) is 19.8 Å². The van der Waals surface area contributed by atoms with Crippen LogP contribution < -0.4 is 4.90 Å². The Balaban J connectivity index is 1.68. The number of aromatic nitrogens is 2. The van der Waals surface area contributed by atoms with Crippen molar-refractivity contribution in [3.05, 3.63) is 18.5 Å². The minimum Gasteiger partial charge on any atom is -0.379 e. The normalized spacial score (nSPS) is 26.7. The van der Waals surface area contributed by atoms with Gasteiger partial charge in [-0.25, -0.2) is 9.97 Å². The van der Waals surface area contributed by atoms with Gasteiger partial charge in [-0.05, 0) is 33.0 Å². The van der Waals surface area contributed by atoms with E-state index in [9.17, 15) is 0 Å². The first-order valence-electron chi connectivity index (χ1n) is 8.64. The molecule has 1 aromatic rings. The molecule has 0 radical (unpaired) electrons. The van der Waals surface area contributed by atoms with Gasteiger partial charge in [0.25, 0.3) is 0 Å². The molecule has 1 atom stereocenters. The Morgan fingerprint density at radius 3 is 2.83 bits per heavy atom. The maximum Gasteiger partial charge on any atom is 0.225 e. The molecule has 6 nitrogen and oxygen atoms in total. The fourth-order valence-electron chi connectivity index (χ4n) is 3.69. The van der Waals surface area contributed by atoms with E-state index < -0.39 is 0 Å². The van der Waals surface area contributed by atoms with Crippen LogP contribution in [0.1, 0.15) is 12.8 Å². The van der Waals surface area contributed by atoms with Crippen LogP contribution in [-0.2, 0) is 4.74 Å². The third kappa shape index (κ3) is 4.40. The fourth-order valence-corrected chi connectivity index (χ4v) is 3.69. The van der Waals surface area contributed by atoms with Gasteiger partial charge in [-0.15, -0.1) is 0 Å². The summed E-state index contributed by atoms with van der Waals surface area (Å²) in [5.74, 6) is 0.857. The van der Waals surface area contributed by atoms with E-state index in [1.54, 1.807) is 0 Å². The van der Waals surface area contributed by atoms with E-state index in [1.807, 2.05) is 18.5 Å². The second-order valence-electron chi connectivity index (χ2n) is 7.21. The largest absolute Gasteiger partial charge is 0.379 e. The van der Waals surface area contributed by atoms with E-state index >= 15 is 0 Å². The lowest BCUT2D eigenvalue weighted by molar-refractivity contribution is 0.0555. The summed E-state index contributed by atoms with van der Waals surface area (Å²) in [6, 6.07) is 1.88.